The molecule has 2 rings (SSSR count). The van der Waals surface area contributed by atoms with Crippen molar-refractivity contribution in [3.8, 4) is 0 Å². The number of aliphatic imine (C=N–C) groups is 1. The highest BCUT2D eigenvalue weighted by atomic mass is 32.1. The molecule has 0 aliphatic heterocycles. The molecule has 0 bridgehead atoms. The normalized spacial score (nSPS) is 18.2. The predicted molar refractivity (Wildman–Crippen MR) is 52.4 cm³/mol. The Labute approximate surface area is 76.1 Å². The van der Waals surface area contributed by atoms with Crippen LogP contribution in [0.3, 0.4) is 0 Å². The third kappa shape index (κ3) is 1.85. The van der Waals surface area contributed by atoms with Gasteiger partial charge in [0.05, 0.1) is 12.4 Å². The van der Waals surface area contributed by atoms with Gasteiger partial charge < -0.3 is 5.73 Å². The van der Waals surface area contributed by atoms with Crippen LogP contribution in [0.5, 0.6) is 0 Å². The third-order valence-electron chi connectivity index (χ3n) is 1.99. The van der Waals surface area contributed by atoms with Gasteiger partial charge in [-0.25, -0.2) is 0 Å². The predicted octanol–water partition coefficient (Wildman–Crippen LogP) is 2.02. The van der Waals surface area contributed by atoms with Crippen LogP contribution in [0.25, 0.3) is 0 Å². The number of hydrogen-bond acceptors (Lipinski definition) is 2. The van der Waals surface area contributed by atoms with Gasteiger partial charge in [-0.15, -0.1) is 11.3 Å². The highest BCUT2D eigenvalue weighted by Crippen LogP contribution is 2.29. The van der Waals surface area contributed by atoms with Crippen molar-refractivity contribution in [1.29, 1.82) is 0 Å². The molecule has 1 fully saturated rings. The molecule has 64 valence electrons. The van der Waals surface area contributed by atoms with Crippen molar-refractivity contribution in [1.82, 2.24) is 0 Å². The van der Waals surface area contributed by atoms with Gasteiger partial charge in [0, 0.05) is 10.8 Å². The summed E-state index contributed by atoms with van der Waals surface area (Å²) in [6.45, 7) is 0.764. The van der Waals surface area contributed by atoms with Crippen molar-refractivity contribution < 1.29 is 0 Å². The largest absolute Gasteiger partial charge is 0.387 e. The van der Waals surface area contributed by atoms with E-state index >= 15 is 0 Å². The van der Waals surface area contributed by atoms with E-state index < -0.39 is 0 Å². The Balaban J connectivity index is 1.91. The molecule has 12 heavy (non-hydrogen) atoms. The molecule has 2 N–H and O–H groups in total. The van der Waals surface area contributed by atoms with E-state index in [4.69, 9.17) is 5.73 Å². The van der Waals surface area contributed by atoms with E-state index in [1.54, 1.807) is 11.3 Å². The summed E-state index contributed by atoms with van der Waals surface area (Å²) in [7, 11) is 0. The minimum Gasteiger partial charge on any atom is -0.387 e. The molecule has 0 unspecified atom stereocenters. The van der Waals surface area contributed by atoms with Crippen LogP contribution in [0, 0.1) is 5.92 Å². The van der Waals surface area contributed by atoms with Gasteiger partial charge in [-0.05, 0) is 24.3 Å². The van der Waals surface area contributed by atoms with Crippen LogP contribution in [-0.2, 0) is 6.54 Å². The van der Waals surface area contributed by atoms with Gasteiger partial charge in [-0.3, -0.25) is 4.99 Å². The smallest absolute Gasteiger partial charge is 0.0972 e. The lowest BCUT2D eigenvalue weighted by Gasteiger charge is -1.95. The van der Waals surface area contributed by atoms with Crippen LogP contribution in [0.1, 0.15) is 17.7 Å². The second-order valence-corrected chi connectivity index (χ2v) is 4.13. The molecular weight excluding hydrogens is 168 g/mol. The van der Waals surface area contributed by atoms with Crippen LogP contribution in [0.4, 0.5) is 0 Å². The molecule has 0 atom stereocenters. The highest BCUT2D eigenvalue weighted by Gasteiger charge is 2.25. The minimum absolute atomic E-state index is 0.602. The topological polar surface area (TPSA) is 38.4 Å². The first kappa shape index (κ1) is 7.80. The molecule has 3 heteroatoms. The molecule has 0 spiro atoms. The summed E-state index contributed by atoms with van der Waals surface area (Å²) in [6, 6.07) is 4.14. The fourth-order valence-corrected chi connectivity index (χ4v) is 1.71. The Bertz CT molecular complexity index is 273. The fraction of sp³-hybridized carbons (Fsp3) is 0.444. The number of nitrogens with two attached hydrogens (primary N) is 1. The van der Waals surface area contributed by atoms with Gasteiger partial charge in [-0.2, -0.15) is 0 Å². The first-order valence-corrected chi connectivity index (χ1v) is 5.06. The maximum Gasteiger partial charge on any atom is 0.0972 e. The van der Waals surface area contributed by atoms with E-state index in [0.717, 1.165) is 12.4 Å². The maximum atomic E-state index is 5.75. The van der Waals surface area contributed by atoms with Gasteiger partial charge in [0.2, 0.25) is 0 Å². The molecule has 1 aromatic heterocycles. The second kappa shape index (κ2) is 3.27. The van der Waals surface area contributed by atoms with E-state index in [1.807, 2.05) is 6.07 Å². The van der Waals surface area contributed by atoms with Crippen molar-refractivity contribution in [2.45, 2.75) is 19.4 Å². The van der Waals surface area contributed by atoms with Gasteiger partial charge >= 0.3 is 0 Å². The van der Waals surface area contributed by atoms with Gasteiger partial charge in [0.1, 0.15) is 0 Å². The van der Waals surface area contributed by atoms with Crippen LogP contribution >= 0.6 is 11.3 Å². The average molecular weight is 180 g/mol. The summed E-state index contributed by atoms with van der Waals surface area (Å²) in [5.74, 6) is 1.45. The number of amidine groups is 1. The molecule has 0 saturated heterocycles. The molecule has 1 aromatic rings. The Morgan fingerprint density at radius 3 is 3.08 bits per heavy atom. The van der Waals surface area contributed by atoms with E-state index in [2.05, 4.69) is 16.4 Å². The Morgan fingerprint density at radius 1 is 1.67 bits per heavy atom. The van der Waals surface area contributed by atoms with E-state index in [0.29, 0.717) is 5.92 Å². The zero-order valence-corrected chi connectivity index (χ0v) is 7.68. The quantitative estimate of drug-likeness (QED) is 0.561. The van der Waals surface area contributed by atoms with Crippen molar-refractivity contribution >= 4 is 17.2 Å². The van der Waals surface area contributed by atoms with Gasteiger partial charge in [0.25, 0.3) is 0 Å². The number of rotatable bonds is 3. The minimum atomic E-state index is 0.602. The van der Waals surface area contributed by atoms with Crippen molar-refractivity contribution in [2.75, 3.05) is 0 Å². The lowest BCUT2D eigenvalue weighted by Crippen LogP contribution is -2.13. The molecule has 2 nitrogen and oxygen atoms in total. The lowest BCUT2D eigenvalue weighted by molar-refractivity contribution is 1.04. The zero-order chi connectivity index (χ0) is 8.39. The third-order valence-corrected chi connectivity index (χ3v) is 2.85. The summed E-state index contributed by atoms with van der Waals surface area (Å²) in [4.78, 5) is 5.62. The zero-order valence-electron chi connectivity index (χ0n) is 6.86. The van der Waals surface area contributed by atoms with Crippen molar-refractivity contribution in [3.63, 3.8) is 0 Å². The monoisotopic (exact) mass is 180 g/mol. The number of nitrogens with zero attached hydrogens (tertiary/aromatic N) is 1. The Morgan fingerprint density at radius 2 is 2.50 bits per heavy atom. The summed E-state index contributed by atoms with van der Waals surface area (Å²) in [5.41, 5.74) is 5.75. The lowest BCUT2D eigenvalue weighted by atomic mass is 10.4. The highest BCUT2D eigenvalue weighted by molar-refractivity contribution is 7.09. The van der Waals surface area contributed by atoms with Crippen LogP contribution in [0.2, 0.25) is 0 Å². The van der Waals surface area contributed by atoms with E-state index in [9.17, 15) is 0 Å². The molecule has 0 amide bonds. The number of thiophene rings is 1. The van der Waals surface area contributed by atoms with Gasteiger partial charge in [0.15, 0.2) is 0 Å². The fourth-order valence-electron chi connectivity index (χ4n) is 1.08. The molecule has 1 saturated carbocycles. The SMILES string of the molecule is NC(=NCc1cccs1)C1CC1. The van der Waals surface area contributed by atoms with Crippen LogP contribution in [-0.4, -0.2) is 5.84 Å². The molecule has 0 aromatic carbocycles. The van der Waals surface area contributed by atoms with E-state index in [-0.39, 0.29) is 0 Å². The maximum absolute atomic E-state index is 5.75. The van der Waals surface area contributed by atoms with Crippen LogP contribution < -0.4 is 5.73 Å². The number of hydrogen-bond donors (Lipinski definition) is 1. The first-order valence-electron chi connectivity index (χ1n) is 4.18. The Hall–Kier alpha value is -0.830. The van der Waals surface area contributed by atoms with Crippen molar-refractivity contribution in [3.05, 3.63) is 22.4 Å². The summed E-state index contributed by atoms with van der Waals surface area (Å²) in [6.07, 6.45) is 2.47. The molecule has 1 aliphatic carbocycles. The second-order valence-electron chi connectivity index (χ2n) is 3.09. The summed E-state index contributed by atoms with van der Waals surface area (Å²) in [5, 5.41) is 2.07. The molecule has 0 radical (unpaired) electrons. The standard InChI is InChI=1S/C9H12N2S/c10-9(7-3-4-7)11-6-8-2-1-5-12-8/h1-2,5,7H,3-4,6H2,(H2,10,11). The average Bonchev–Trinajstić information content (AvgIpc) is 2.80. The summed E-state index contributed by atoms with van der Waals surface area (Å²) < 4.78 is 0. The molecule has 1 aliphatic rings. The van der Waals surface area contributed by atoms with E-state index in [1.165, 1.54) is 17.7 Å². The van der Waals surface area contributed by atoms with Crippen LogP contribution in [0.15, 0.2) is 22.5 Å². The molecule has 1 heterocycles. The summed E-state index contributed by atoms with van der Waals surface area (Å²) >= 11 is 1.73. The molecular formula is C9H12N2S. The Kier molecular flexibility index (Phi) is 2.13. The first-order chi connectivity index (χ1) is 5.86. The van der Waals surface area contributed by atoms with Crippen molar-refractivity contribution in [2.24, 2.45) is 16.6 Å². The van der Waals surface area contributed by atoms with Gasteiger partial charge in [-0.1, -0.05) is 6.07 Å².